The largest absolute Gasteiger partial charge is 0.478 e. The van der Waals surface area contributed by atoms with E-state index in [1.54, 1.807) is 24.5 Å². The minimum atomic E-state index is -1.01. The lowest BCUT2D eigenvalue weighted by Crippen LogP contribution is -2.07. The molecule has 1 heterocycles. The SMILES string of the molecule is Cc1cc(C(=O)O)c(C)n1Cc1ccc(F)cc1F. The van der Waals surface area contributed by atoms with Crippen molar-refractivity contribution in [3.8, 4) is 0 Å². The van der Waals surface area contributed by atoms with Gasteiger partial charge in [0.2, 0.25) is 0 Å². The molecule has 5 heteroatoms. The van der Waals surface area contributed by atoms with Gasteiger partial charge in [0.05, 0.1) is 12.1 Å². The molecule has 0 atom stereocenters. The molecule has 0 saturated carbocycles. The highest BCUT2D eigenvalue weighted by Gasteiger charge is 2.15. The molecule has 0 spiro atoms. The Morgan fingerprint density at radius 2 is 1.95 bits per heavy atom. The third-order valence-electron chi connectivity index (χ3n) is 3.15. The third kappa shape index (κ3) is 2.50. The second-order valence-electron chi connectivity index (χ2n) is 4.41. The number of nitrogens with zero attached hydrogens (tertiary/aromatic N) is 1. The molecule has 0 aliphatic rings. The lowest BCUT2D eigenvalue weighted by atomic mass is 10.2. The van der Waals surface area contributed by atoms with E-state index in [-0.39, 0.29) is 12.1 Å². The van der Waals surface area contributed by atoms with Crippen molar-refractivity contribution in [1.82, 2.24) is 4.57 Å². The van der Waals surface area contributed by atoms with Crippen LogP contribution in [0.3, 0.4) is 0 Å². The number of hydrogen-bond acceptors (Lipinski definition) is 1. The topological polar surface area (TPSA) is 42.2 Å². The number of aromatic nitrogens is 1. The molecule has 0 amide bonds. The lowest BCUT2D eigenvalue weighted by Gasteiger charge is -2.10. The minimum absolute atomic E-state index is 0.178. The van der Waals surface area contributed by atoms with Crippen molar-refractivity contribution in [2.75, 3.05) is 0 Å². The maximum Gasteiger partial charge on any atom is 0.337 e. The summed E-state index contributed by atoms with van der Waals surface area (Å²) in [6, 6.07) is 4.91. The van der Waals surface area contributed by atoms with Crippen LogP contribution in [-0.4, -0.2) is 15.6 Å². The summed E-state index contributed by atoms with van der Waals surface area (Å²) >= 11 is 0. The molecule has 0 aliphatic heterocycles. The highest BCUT2D eigenvalue weighted by atomic mass is 19.1. The Kier molecular flexibility index (Phi) is 3.38. The van der Waals surface area contributed by atoms with E-state index in [9.17, 15) is 13.6 Å². The van der Waals surface area contributed by atoms with Gasteiger partial charge in [0.25, 0.3) is 0 Å². The van der Waals surface area contributed by atoms with Crippen LogP contribution in [0.5, 0.6) is 0 Å². The summed E-state index contributed by atoms with van der Waals surface area (Å²) in [5.41, 5.74) is 1.78. The predicted octanol–water partition coefficient (Wildman–Crippen LogP) is 3.13. The molecule has 2 aromatic rings. The maximum atomic E-state index is 13.6. The van der Waals surface area contributed by atoms with Crippen LogP contribution in [0, 0.1) is 25.5 Å². The van der Waals surface area contributed by atoms with Crippen molar-refractivity contribution in [2.45, 2.75) is 20.4 Å². The number of rotatable bonds is 3. The molecule has 0 unspecified atom stereocenters. The van der Waals surface area contributed by atoms with Gasteiger partial charge < -0.3 is 9.67 Å². The van der Waals surface area contributed by atoms with Gasteiger partial charge in [-0.1, -0.05) is 6.07 Å². The minimum Gasteiger partial charge on any atom is -0.478 e. The molecule has 0 bridgehead atoms. The van der Waals surface area contributed by atoms with Gasteiger partial charge in [-0.3, -0.25) is 0 Å². The quantitative estimate of drug-likeness (QED) is 0.926. The van der Waals surface area contributed by atoms with Crippen molar-refractivity contribution in [3.63, 3.8) is 0 Å². The van der Waals surface area contributed by atoms with E-state index in [0.29, 0.717) is 11.3 Å². The average molecular weight is 265 g/mol. The van der Waals surface area contributed by atoms with Gasteiger partial charge >= 0.3 is 5.97 Å². The molecule has 0 fully saturated rings. The van der Waals surface area contributed by atoms with Crippen molar-refractivity contribution in [1.29, 1.82) is 0 Å². The number of aryl methyl sites for hydroxylation is 1. The smallest absolute Gasteiger partial charge is 0.337 e. The monoisotopic (exact) mass is 265 g/mol. The van der Waals surface area contributed by atoms with Crippen molar-refractivity contribution < 1.29 is 18.7 Å². The van der Waals surface area contributed by atoms with Crippen molar-refractivity contribution in [2.24, 2.45) is 0 Å². The Hall–Kier alpha value is -2.17. The van der Waals surface area contributed by atoms with Crippen LogP contribution in [0.25, 0.3) is 0 Å². The molecular weight excluding hydrogens is 252 g/mol. The lowest BCUT2D eigenvalue weighted by molar-refractivity contribution is 0.0696. The first-order chi connectivity index (χ1) is 8.90. The second kappa shape index (κ2) is 4.84. The number of aromatic carboxylic acids is 1. The van der Waals surface area contributed by atoms with Crippen LogP contribution in [-0.2, 0) is 6.54 Å². The molecule has 19 heavy (non-hydrogen) atoms. The number of halogens is 2. The molecule has 1 aromatic carbocycles. The van der Waals surface area contributed by atoms with Crippen LogP contribution >= 0.6 is 0 Å². The zero-order chi connectivity index (χ0) is 14.2. The van der Waals surface area contributed by atoms with E-state index in [2.05, 4.69) is 0 Å². The Morgan fingerprint density at radius 3 is 2.47 bits per heavy atom. The van der Waals surface area contributed by atoms with Gasteiger partial charge in [-0.2, -0.15) is 0 Å². The van der Waals surface area contributed by atoms with E-state index < -0.39 is 17.6 Å². The molecule has 1 N–H and O–H groups in total. The highest BCUT2D eigenvalue weighted by molar-refractivity contribution is 5.89. The molecule has 1 aromatic heterocycles. The molecule has 100 valence electrons. The average Bonchev–Trinajstić information content (AvgIpc) is 2.60. The molecular formula is C14H13F2NO2. The van der Waals surface area contributed by atoms with Crippen LogP contribution in [0.4, 0.5) is 8.78 Å². The Balaban J connectivity index is 2.41. The van der Waals surface area contributed by atoms with Gasteiger partial charge in [0.1, 0.15) is 11.6 Å². The first-order valence-electron chi connectivity index (χ1n) is 5.74. The van der Waals surface area contributed by atoms with Gasteiger partial charge in [-0.05, 0) is 26.0 Å². The standard InChI is InChI=1S/C14H13F2NO2/c1-8-5-12(14(18)19)9(2)17(8)7-10-3-4-11(15)6-13(10)16/h3-6H,7H2,1-2H3,(H,18,19). The van der Waals surface area contributed by atoms with E-state index in [4.69, 9.17) is 5.11 Å². The summed E-state index contributed by atoms with van der Waals surface area (Å²) in [4.78, 5) is 11.0. The number of benzene rings is 1. The van der Waals surface area contributed by atoms with E-state index in [1.165, 1.54) is 12.1 Å². The first-order valence-corrected chi connectivity index (χ1v) is 5.74. The second-order valence-corrected chi connectivity index (χ2v) is 4.41. The van der Waals surface area contributed by atoms with E-state index >= 15 is 0 Å². The molecule has 2 rings (SSSR count). The summed E-state index contributed by atoms with van der Waals surface area (Å²) < 4.78 is 28.1. The zero-order valence-electron chi connectivity index (χ0n) is 10.6. The fraction of sp³-hybridized carbons (Fsp3) is 0.214. The van der Waals surface area contributed by atoms with Crippen LogP contribution in [0.1, 0.15) is 27.3 Å². The first kappa shape index (κ1) is 13.3. The molecule has 3 nitrogen and oxygen atoms in total. The van der Waals surface area contributed by atoms with E-state index in [1.807, 2.05) is 0 Å². The molecule has 0 aliphatic carbocycles. The van der Waals surface area contributed by atoms with Crippen LogP contribution in [0.2, 0.25) is 0 Å². The molecule has 0 radical (unpaired) electrons. The van der Waals surface area contributed by atoms with E-state index in [0.717, 1.165) is 11.8 Å². The van der Waals surface area contributed by atoms with Crippen molar-refractivity contribution >= 4 is 5.97 Å². The van der Waals surface area contributed by atoms with Gasteiger partial charge in [-0.15, -0.1) is 0 Å². The third-order valence-corrected chi connectivity index (χ3v) is 3.15. The highest BCUT2D eigenvalue weighted by Crippen LogP contribution is 2.19. The van der Waals surface area contributed by atoms with Crippen LogP contribution < -0.4 is 0 Å². The summed E-state index contributed by atoms with van der Waals surface area (Å²) in [5.74, 6) is -2.28. The summed E-state index contributed by atoms with van der Waals surface area (Å²) in [7, 11) is 0. The Morgan fingerprint density at radius 1 is 1.26 bits per heavy atom. The normalized spacial score (nSPS) is 10.7. The van der Waals surface area contributed by atoms with Gasteiger partial charge in [0.15, 0.2) is 0 Å². The number of carboxylic acid groups (broad SMARTS) is 1. The van der Waals surface area contributed by atoms with Gasteiger partial charge in [0, 0.05) is 23.0 Å². The van der Waals surface area contributed by atoms with Gasteiger partial charge in [-0.25, -0.2) is 13.6 Å². The maximum absolute atomic E-state index is 13.6. The summed E-state index contributed by atoms with van der Waals surface area (Å²) in [5, 5.41) is 9.02. The summed E-state index contributed by atoms with van der Waals surface area (Å²) in [6.07, 6.45) is 0. The Bertz CT molecular complexity index is 647. The Labute approximate surface area is 109 Å². The number of carbonyl (C=O) groups is 1. The summed E-state index contributed by atoms with van der Waals surface area (Å²) in [6.45, 7) is 3.59. The number of hydrogen-bond donors (Lipinski definition) is 1. The zero-order valence-corrected chi connectivity index (χ0v) is 10.6. The van der Waals surface area contributed by atoms with Crippen molar-refractivity contribution in [3.05, 3.63) is 58.4 Å². The predicted molar refractivity (Wildman–Crippen MR) is 66.3 cm³/mol. The number of carboxylic acids is 1. The van der Waals surface area contributed by atoms with Crippen LogP contribution in [0.15, 0.2) is 24.3 Å². The molecule has 0 saturated heterocycles. The fourth-order valence-corrected chi connectivity index (χ4v) is 2.08. The fourth-order valence-electron chi connectivity index (χ4n) is 2.08.